The van der Waals surface area contributed by atoms with E-state index in [1.807, 2.05) is 0 Å². The Kier molecular flexibility index (Phi) is 52.2. The molecule has 0 radical (unpaired) electrons. The Labute approximate surface area is 414 Å². The fourth-order valence-electron chi connectivity index (χ4n) is 8.25. The zero-order valence-electron chi connectivity index (χ0n) is 43.9. The predicted octanol–water partition coefficient (Wildman–Crippen LogP) is 17.6. The topological polar surface area (TPSA) is 134 Å². The summed E-state index contributed by atoms with van der Waals surface area (Å²) in [6, 6.07) is 0. The Hall–Kier alpha value is -1.77. The fraction of sp³-hybridized carbons (Fsp3) is 0.860. The summed E-state index contributed by atoms with van der Waals surface area (Å²) in [5, 5.41) is 0. The van der Waals surface area contributed by atoms with Gasteiger partial charge in [0.15, 0.2) is 6.10 Å². The van der Waals surface area contributed by atoms with E-state index in [-0.39, 0.29) is 38.6 Å². The summed E-state index contributed by atoms with van der Waals surface area (Å²) in [5.41, 5.74) is 5.38. The molecule has 2 atom stereocenters. The molecule has 9 nitrogen and oxygen atoms in total. The molecule has 0 aliphatic carbocycles. The summed E-state index contributed by atoms with van der Waals surface area (Å²) in [5.74, 6) is -0.818. The first kappa shape index (κ1) is 65.2. The van der Waals surface area contributed by atoms with Gasteiger partial charge in [-0.25, -0.2) is 4.57 Å². The van der Waals surface area contributed by atoms with E-state index in [4.69, 9.17) is 24.3 Å². The molecule has 0 aliphatic rings. The maximum Gasteiger partial charge on any atom is 0.472 e. The van der Waals surface area contributed by atoms with Crippen LogP contribution in [0.15, 0.2) is 36.5 Å². The van der Waals surface area contributed by atoms with Gasteiger partial charge in [0.2, 0.25) is 0 Å². The molecule has 0 saturated heterocycles. The van der Waals surface area contributed by atoms with Crippen LogP contribution < -0.4 is 5.73 Å². The quantitative estimate of drug-likeness (QED) is 0.0264. The molecule has 0 rings (SSSR count). The number of rotatable bonds is 54. The second-order valence-corrected chi connectivity index (χ2v) is 20.6. The summed E-state index contributed by atoms with van der Waals surface area (Å²) in [7, 11) is -4.38. The third kappa shape index (κ3) is 53.4. The third-order valence-corrected chi connectivity index (χ3v) is 13.5. The predicted molar refractivity (Wildman–Crippen MR) is 284 cm³/mol. The Bertz CT molecular complexity index is 1190. The molecular weight excluding hydrogens is 858 g/mol. The highest BCUT2D eigenvalue weighted by atomic mass is 31.2. The van der Waals surface area contributed by atoms with Crippen molar-refractivity contribution in [2.45, 2.75) is 290 Å². The lowest BCUT2D eigenvalue weighted by Crippen LogP contribution is -2.29. The zero-order chi connectivity index (χ0) is 48.8. The summed E-state index contributed by atoms with van der Waals surface area (Å²) < 4.78 is 33.0. The van der Waals surface area contributed by atoms with Gasteiger partial charge >= 0.3 is 19.8 Å². The molecule has 0 aliphatic heterocycles. The van der Waals surface area contributed by atoms with Crippen LogP contribution >= 0.6 is 7.82 Å². The van der Waals surface area contributed by atoms with Gasteiger partial charge < -0.3 is 20.1 Å². The van der Waals surface area contributed by atoms with E-state index >= 15 is 0 Å². The Morgan fingerprint density at radius 3 is 1.15 bits per heavy atom. The van der Waals surface area contributed by atoms with E-state index in [2.05, 4.69) is 50.3 Å². The first-order valence-corrected chi connectivity index (χ1v) is 30.0. The van der Waals surface area contributed by atoms with Gasteiger partial charge in [-0.2, -0.15) is 0 Å². The van der Waals surface area contributed by atoms with Gasteiger partial charge in [0, 0.05) is 19.4 Å². The SMILES string of the molecule is CCCCCCC/C=C\C/C=C\CCCCCCCCCCCCCCCCCC(=O)OC(COC(=O)CCCCCCCCCCC/C=C\CCCCCCCC)COP(=O)(O)OCCN. The van der Waals surface area contributed by atoms with Crippen molar-refractivity contribution < 1.29 is 37.6 Å². The van der Waals surface area contributed by atoms with Gasteiger partial charge in [-0.3, -0.25) is 18.6 Å². The van der Waals surface area contributed by atoms with E-state index < -0.39 is 26.5 Å². The number of carbonyl (C=O) groups excluding carboxylic acids is 2. The molecule has 0 amide bonds. The average molecular weight is 966 g/mol. The van der Waals surface area contributed by atoms with Crippen LogP contribution in [0.3, 0.4) is 0 Å². The number of esters is 2. The summed E-state index contributed by atoms with van der Waals surface area (Å²) in [4.78, 5) is 35.1. The number of allylic oxidation sites excluding steroid dienone is 6. The van der Waals surface area contributed by atoms with Gasteiger partial charge in [-0.1, -0.05) is 237 Å². The molecule has 394 valence electrons. The third-order valence-electron chi connectivity index (χ3n) is 12.5. The van der Waals surface area contributed by atoms with Crippen LogP contribution in [-0.2, 0) is 32.7 Å². The van der Waals surface area contributed by atoms with Crippen molar-refractivity contribution in [1.29, 1.82) is 0 Å². The van der Waals surface area contributed by atoms with E-state index in [9.17, 15) is 19.0 Å². The smallest absolute Gasteiger partial charge is 0.462 e. The maximum atomic E-state index is 12.7. The van der Waals surface area contributed by atoms with Crippen LogP contribution in [0.2, 0.25) is 0 Å². The van der Waals surface area contributed by atoms with E-state index in [0.717, 1.165) is 38.5 Å². The molecule has 0 heterocycles. The van der Waals surface area contributed by atoms with Crippen molar-refractivity contribution in [2.75, 3.05) is 26.4 Å². The van der Waals surface area contributed by atoms with Gasteiger partial charge in [-0.15, -0.1) is 0 Å². The summed E-state index contributed by atoms with van der Waals surface area (Å²) in [6.07, 6.45) is 63.4. The Morgan fingerprint density at radius 1 is 0.448 bits per heavy atom. The molecule has 0 fully saturated rings. The largest absolute Gasteiger partial charge is 0.472 e. The minimum Gasteiger partial charge on any atom is -0.462 e. The highest BCUT2D eigenvalue weighted by molar-refractivity contribution is 7.47. The highest BCUT2D eigenvalue weighted by Crippen LogP contribution is 2.43. The zero-order valence-corrected chi connectivity index (χ0v) is 44.8. The lowest BCUT2D eigenvalue weighted by atomic mass is 10.0. The van der Waals surface area contributed by atoms with Crippen molar-refractivity contribution in [3.05, 3.63) is 36.5 Å². The van der Waals surface area contributed by atoms with Crippen LogP contribution in [-0.4, -0.2) is 49.3 Å². The van der Waals surface area contributed by atoms with Gasteiger partial charge in [0.25, 0.3) is 0 Å². The number of nitrogens with two attached hydrogens (primary N) is 1. The number of carbonyl (C=O) groups is 2. The van der Waals surface area contributed by atoms with Crippen molar-refractivity contribution in [3.8, 4) is 0 Å². The van der Waals surface area contributed by atoms with Crippen molar-refractivity contribution in [2.24, 2.45) is 5.73 Å². The van der Waals surface area contributed by atoms with E-state index in [0.29, 0.717) is 6.42 Å². The van der Waals surface area contributed by atoms with Gasteiger partial charge in [-0.05, 0) is 70.6 Å². The van der Waals surface area contributed by atoms with Gasteiger partial charge in [0.1, 0.15) is 6.61 Å². The first-order chi connectivity index (χ1) is 32.8. The molecule has 0 spiro atoms. The monoisotopic (exact) mass is 966 g/mol. The van der Waals surface area contributed by atoms with E-state index in [1.54, 1.807) is 0 Å². The molecule has 3 N–H and O–H groups in total. The van der Waals surface area contributed by atoms with Crippen LogP contribution in [0.4, 0.5) is 0 Å². The highest BCUT2D eigenvalue weighted by Gasteiger charge is 2.26. The molecule has 67 heavy (non-hydrogen) atoms. The number of unbranched alkanes of at least 4 members (excludes halogenated alkanes) is 35. The fourth-order valence-corrected chi connectivity index (χ4v) is 9.02. The number of hydrogen-bond donors (Lipinski definition) is 2. The molecule has 0 bridgehead atoms. The number of phosphoric ester groups is 1. The van der Waals surface area contributed by atoms with Gasteiger partial charge in [0.05, 0.1) is 13.2 Å². The molecule has 2 unspecified atom stereocenters. The maximum absolute atomic E-state index is 12.7. The number of phosphoric acid groups is 1. The average Bonchev–Trinajstić information content (AvgIpc) is 3.32. The van der Waals surface area contributed by atoms with Crippen molar-refractivity contribution >= 4 is 19.8 Å². The molecule has 10 heteroatoms. The van der Waals surface area contributed by atoms with Crippen molar-refractivity contribution in [3.63, 3.8) is 0 Å². The lowest BCUT2D eigenvalue weighted by molar-refractivity contribution is -0.161. The van der Waals surface area contributed by atoms with E-state index in [1.165, 1.54) is 212 Å². The number of ether oxygens (including phenoxy) is 2. The molecule has 0 saturated carbocycles. The molecule has 0 aromatic rings. The van der Waals surface area contributed by atoms with Crippen LogP contribution in [0, 0.1) is 0 Å². The Balaban J connectivity index is 3.95. The van der Waals surface area contributed by atoms with Crippen molar-refractivity contribution in [1.82, 2.24) is 0 Å². The standard InChI is InChI=1S/C57H108NO8P/c1-3-5-7-9-11-13-15-17-19-21-23-24-25-26-27-28-29-30-32-34-36-38-40-42-44-46-48-50-57(60)66-55(54-65-67(61,62)64-52-51-58)53-63-56(59)49-47-45-43-41-39-37-35-33-31-22-20-18-16-14-12-10-8-6-4-2/h15,17-18,20-21,23,55H,3-14,16,19,22,24-54,58H2,1-2H3,(H,61,62)/b17-15-,20-18-,23-21-. The molecule has 0 aromatic heterocycles. The van der Waals surface area contributed by atoms with Crippen LogP contribution in [0.25, 0.3) is 0 Å². The minimum absolute atomic E-state index is 0.0542. The minimum atomic E-state index is -4.38. The Morgan fingerprint density at radius 2 is 0.776 bits per heavy atom. The number of hydrogen-bond acceptors (Lipinski definition) is 8. The van der Waals surface area contributed by atoms with Crippen LogP contribution in [0.1, 0.15) is 284 Å². The molecule has 0 aromatic carbocycles. The summed E-state index contributed by atoms with van der Waals surface area (Å²) in [6.45, 7) is 3.77. The first-order valence-electron chi connectivity index (χ1n) is 28.5. The molecular formula is C57H108NO8P. The second kappa shape index (κ2) is 53.6. The summed E-state index contributed by atoms with van der Waals surface area (Å²) >= 11 is 0. The second-order valence-electron chi connectivity index (χ2n) is 19.2. The van der Waals surface area contributed by atoms with Crippen LogP contribution in [0.5, 0.6) is 0 Å². The lowest BCUT2D eigenvalue weighted by Gasteiger charge is -2.19. The normalized spacial score (nSPS) is 13.3.